The van der Waals surface area contributed by atoms with E-state index in [9.17, 15) is 13.2 Å². The number of aliphatic imine (C=N–C) groups is 1. The fraction of sp³-hybridized carbons (Fsp3) is 0.174. The highest BCUT2D eigenvalue weighted by molar-refractivity contribution is 8.13. The third-order valence-electron chi connectivity index (χ3n) is 4.71. The van der Waals surface area contributed by atoms with Crippen molar-refractivity contribution in [1.29, 1.82) is 0 Å². The lowest BCUT2D eigenvalue weighted by molar-refractivity contribution is -0.274. The Hall–Kier alpha value is -2.93. The number of halogens is 3. The van der Waals surface area contributed by atoms with Crippen molar-refractivity contribution in [1.82, 2.24) is 5.32 Å². The van der Waals surface area contributed by atoms with E-state index in [1.54, 1.807) is 12.1 Å². The minimum atomic E-state index is -4.72. The Morgan fingerprint density at radius 3 is 2.10 bits per heavy atom. The minimum Gasteiger partial charge on any atom is -0.405 e. The topological polar surface area (TPSA) is 33.6 Å². The third kappa shape index (κ3) is 4.97. The molecular formula is C23H19F3N2OS. The van der Waals surface area contributed by atoms with Crippen LogP contribution in [-0.2, 0) is 5.75 Å². The molecule has 1 N–H and O–H groups in total. The fourth-order valence-electron chi connectivity index (χ4n) is 3.37. The summed E-state index contributed by atoms with van der Waals surface area (Å²) >= 11 is 1.37. The van der Waals surface area contributed by atoms with E-state index in [0.717, 1.165) is 11.1 Å². The first kappa shape index (κ1) is 20.3. The lowest BCUT2D eigenvalue weighted by Crippen LogP contribution is -2.22. The van der Waals surface area contributed by atoms with Crippen LogP contribution in [0.1, 0.15) is 28.8 Å². The fourth-order valence-corrected chi connectivity index (χ4v) is 4.29. The highest BCUT2D eigenvalue weighted by Crippen LogP contribution is 2.38. The van der Waals surface area contributed by atoms with Gasteiger partial charge in [0.2, 0.25) is 0 Å². The molecule has 0 saturated carbocycles. The average molecular weight is 428 g/mol. The Balaban J connectivity index is 1.54. The van der Waals surface area contributed by atoms with E-state index in [-0.39, 0.29) is 17.8 Å². The SMILES string of the molecule is FC(F)(F)Oc1ccccc1CSC1=NC(c2ccccc2)C(c2ccccc2)N1. The first-order chi connectivity index (χ1) is 14.5. The number of nitrogens with zero attached hydrogens (tertiary/aromatic N) is 1. The number of amidine groups is 1. The van der Waals surface area contributed by atoms with Gasteiger partial charge in [0.15, 0.2) is 5.17 Å². The van der Waals surface area contributed by atoms with Gasteiger partial charge in [0.1, 0.15) is 11.8 Å². The van der Waals surface area contributed by atoms with Crippen LogP contribution in [-0.4, -0.2) is 11.5 Å². The lowest BCUT2D eigenvalue weighted by atomic mass is 9.95. The Morgan fingerprint density at radius 2 is 1.43 bits per heavy atom. The van der Waals surface area contributed by atoms with Crippen LogP contribution in [0.3, 0.4) is 0 Å². The quantitative estimate of drug-likeness (QED) is 0.521. The van der Waals surface area contributed by atoms with Crippen LogP contribution >= 0.6 is 11.8 Å². The predicted octanol–water partition coefficient (Wildman–Crippen LogP) is 6.26. The lowest BCUT2D eigenvalue weighted by Gasteiger charge is -2.19. The molecule has 0 saturated heterocycles. The molecule has 2 unspecified atom stereocenters. The number of rotatable bonds is 5. The molecule has 1 heterocycles. The summed E-state index contributed by atoms with van der Waals surface area (Å²) in [5, 5.41) is 4.14. The molecule has 0 aliphatic carbocycles. The van der Waals surface area contributed by atoms with Gasteiger partial charge in [0.05, 0.1) is 6.04 Å². The second kappa shape index (κ2) is 8.83. The molecule has 7 heteroatoms. The number of hydrogen-bond acceptors (Lipinski definition) is 4. The van der Waals surface area contributed by atoms with Crippen LogP contribution in [0.2, 0.25) is 0 Å². The zero-order valence-corrected chi connectivity index (χ0v) is 16.7. The monoisotopic (exact) mass is 428 g/mol. The van der Waals surface area contributed by atoms with Crippen LogP contribution in [0.4, 0.5) is 13.2 Å². The molecule has 2 atom stereocenters. The highest BCUT2D eigenvalue weighted by Gasteiger charge is 2.33. The van der Waals surface area contributed by atoms with E-state index in [0.29, 0.717) is 16.5 Å². The van der Waals surface area contributed by atoms with Gasteiger partial charge in [0, 0.05) is 11.3 Å². The summed E-state index contributed by atoms with van der Waals surface area (Å²) in [6.45, 7) is 0. The van der Waals surface area contributed by atoms with Gasteiger partial charge >= 0.3 is 6.36 Å². The van der Waals surface area contributed by atoms with Gasteiger partial charge in [-0.15, -0.1) is 13.2 Å². The van der Waals surface area contributed by atoms with Crippen molar-refractivity contribution in [2.24, 2.45) is 4.99 Å². The van der Waals surface area contributed by atoms with E-state index < -0.39 is 6.36 Å². The van der Waals surface area contributed by atoms with Gasteiger partial charge in [-0.3, -0.25) is 4.99 Å². The van der Waals surface area contributed by atoms with Crippen LogP contribution in [0.25, 0.3) is 0 Å². The van der Waals surface area contributed by atoms with Gasteiger partial charge in [-0.05, 0) is 17.2 Å². The zero-order valence-electron chi connectivity index (χ0n) is 15.8. The van der Waals surface area contributed by atoms with E-state index in [1.807, 2.05) is 60.7 Å². The van der Waals surface area contributed by atoms with Crippen molar-refractivity contribution >= 4 is 16.9 Å². The van der Waals surface area contributed by atoms with Crippen molar-refractivity contribution in [3.8, 4) is 5.75 Å². The van der Waals surface area contributed by atoms with Crippen molar-refractivity contribution in [2.45, 2.75) is 24.2 Å². The van der Waals surface area contributed by atoms with Crippen molar-refractivity contribution in [3.63, 3.8) is 0 Å². The van der Waals surface area contributed by atoms with Crippen LogP contribution in [0.15, 0.2) is 89.9 Å². The van der Waals surface area contributed by atoms with Gasteiger partial charge in [0.25, 0.3) is 0 Å². The minimum absolute atomic E-state index is 0.0437. The predicted molar refractivity (Wildman–Crippen MR) is 113 cm³/mol. The molecule has 0 amide bonds. The molecule has 154 valence electrons. The Kier molecular flexibility index (Phi) is 5.99. The maximum atomic E-state index is 12.7. The van der Waals surface area contributed by atoms with Crippen LogP contribution in [0.5, 0.6) is 5.75 Å². The summed E-state index contributed by atoms with van der Waals surface area (Å²) in [5.74, 6) is 0.122. The summed E-state index contributed by atoms with van der Waals surface area (Å²) in [6, 6.07) is 26.0. The second-order valence-electron chi connectivity index (χ2n) is 6.77. The number of para-hydroxylation sites is 1. The van der Waals surface area contributed by atoms with Gasteiger partial charge in [-0.25, -0.2) is 0 Å². The first-order valence-electron chi connectivity index (χ1n) is 9.40. The molecule has 0 bridgehead atoms. The second-order valence-corrected chi connectivity index (χ2v) is 7.73. The Morgan fingerprint density at radius 1 is 0.833 bits per heavy atom. The normalized spacial score (nSPS) is 18.6. The summed E-state index contributed by atoms with van der Waals surface area (Å²) in [6.07, 6.45) is -4.72. The molecule has 4 rings (SSSR count). The van der Waals surface area contributed by atoms with Crippen molar-refractivity contribution in [3.05, 3.63) is 102 Å². The molecule has 3 nitrogen and oxygen atoms in total. The maximum absolute atomic E-state index is 12.7. The molecule has 0 aromatic heterocycles. The zero-order chi connectivity index (χ0) is 21.0. The molecular weight excluding hydrogens is 409 g/mol. The number of benzene rings is 3. The molecule has 1 aliphatic rings. The van der Waals surface area contributed by atoms with Gasteiger partial charge < -0.3 is 10.1 Å². The summed E-state index contributed by atoms with van der Waals surface area (Å²) in [5.41, 5.74) is 2.64. The number of nitrogens with one attached hydrogen (secondary N) is 1. The molecule has 3 aromatic rings. The standard InChI is InChI=1S/C23H19F3N2OS/c24-23(25,26)29-19-14-8-7-13-18(19)15-30-22-27-20(16-9-3-1-4-10-16)21(28-22)17-11-5-2-6-12-17/h1-14,20-21H,15H2,(H,27,28). The van der Waals surface area contributed by atoms with Crippen LogP contribution in [0, 0.1) is 0 Å². The smallest absolute Gasteiger partial charge is 0.405 e. The van der Waals surface area contributed by atoms with Crippen molar-refractivity contribution in [2.75, 3.05) is 0 Å². The number of ether oxygens (including phenoxy) is 1. The molecule has 1 aliphatic heterocycles. The summed E-state index contributed by atoms with van der Waals surface area (Å²) < 4.78 is 42.2. The van der Waals surface area contributed by atoms with E-state index >= 15 is 0 Å². The van der Waals surface area contributed by atoms with E-state index in [2.05, 4.69) is 10.1 Å². The Bertz CT molecular complexity index is 1010. The Labute approximate surface area is 177 Å². The van der Waals surface area contributed by atoms with E-state index in [4.69, 9.17) is 4.99 Å². The van der Waals surface area contributed by atoms with Crippen molar-refractivity contribution < 1.29 is 17.9 Å². The molecule has 0 radical (unpaired) electrons. The number of alkyl halides is 3. The average Bonchev–Trinajstić information content (AvgIpc) is 3.18. The molecule has 3 aromatic carbocycles. The molecule has 0 spiro atoms. The largest absolute Gasteiger partial charge is 0.573 e. The summed E-state index contributed by atoms with van der Waals surface area (Å²) in [7, 11) is 0. The van der Waals surface area contributed by atoms with Crippen LogP contribution < -0.4 is 10.1 Å². The number of thioether (sulfide) groups is 1. The molecule has 0 fully saturated rings. The third-order valence-corrected chi connectivity index (χ3v) is 5.67. The highest BCUT2D eigenvalue weighted by atomic mass is 32.2. The molecule has 30 heavy (non-hydrogen) atoms. The first-order valence-corrected chi connectivity index (χ1v) is 10.4. The van der Waals surface area contributed by atoms with Gasteiger partial charge in [-0.2, -0.15) is 0 Å². The maximum Gasteiger partial charge on any atom is 0.573 e. The van der Waals surface area contributed by atoms with Gasteiger partial charge in [-0.1, -0.05) is 90.6 Å². The summed E-state index contributed by atoms with van der Waals surface area (Å²) in [4.78, 5) is 4.84. The van der Waals surface area contributed by atoms with E-state index in [1.165, 1.54) is 23.9 Å². The number of hydrogen-bond donors (Lipinski definition) is 1.